The van der Waals surface area contributed by atoms with Gasteiger partial charge in [0, 0.05) is 69.2 Å². The fourth-order valence-electron chi connectivity index (χ4n) is 5.67. The van der Waals surface area contributed by atoms with Crippen molar-refractivity contribution in [2.24, 2.45) is 0 Å². The van der Waals surface area contributed by atoms with E-state index in [1.165, 1.54) is 16.7 Å². The van der Waals surface area contributed by atoms with E-state index in [0.29, 0.717) is 11.6 Å². The van der Waals surface area contributed by atoms with Gasteiger partial charge in [0.1, 0.15) is 5.54 Å². The fraction of sp³-hybridized carbons (Fsp3) is 0.345. The zero-order valence-electron chi connectivity index (χ0n) is 20.1. The molecule has 0 bridgehead atoms. The molecule has 0 atom stereocenters. The smallest absolute Gasteiger partial charge is 0.243 e. The van der Waals surface area contributed by atoms with Crippen molar-refractivity contribution in [1.82, 2.24) is 14.7 Å². The number of hydrogen-bond acceptors (Lipinski definition) is 3. The Morgan fingerprint density at radius 3 is 2.00 bits per heavy atom. The standard InChI is InChI=1S/C29H31Cl2N3O/c1-32(20-22-6-4-10-26(30)16-22)28(35)29(18-24-8-2-3-9-25(24)19-29)34-14-12-33(13-15-34)21-23-7-5-11-27(31)17-23/h2-11,16-17H,12-15,18-21H2,1H3. The molecule has 0 N–H and O–H groups in total. The Balaban J connectivity index is 1.34. The van der Waals surface area contributed by atoms with Crippen LogP contribution in [0.2, 0.25) is 10.0 Å². The number of fused-ring (bicyclic) bond motifs is 1. The van der Waals surface area contributed by atoms with Crippen molar-refractivity contribution in [2.45, 2.75) is 31.5 Å². The molecular formula is C29H31Cl2N3O. The van der Waals surface area contributed by atoms with Crippen molar-refractivity contribution in [2.75, 3.05) is 33.2 Å². The summed E-state index contributed by atoms with van der Waals surface area (Å²) in [5, 5.41) is 1.47. The fourth-order valence-corrected chi connectivity index (χ4v) is 6.09. The van der Waals surface area contributed by atoms with E-state index in [9.17, 15) is 4.79 Å². The highest BCUT2D eigenvalue weighted by atomic mass is 35.5. The summed E-state index contributed by atoms with van der Waals surface area (Å²) < 4.78 is 0. The van der Waals surface area contributed by atoms with E-state index in [4.69, 9.17) is 23.2 Å². The van der Waals surface area contributed by atoms with Gasteiger partial charge in [0.25, 0.3) is 0 Å². The normalized spacial score (nSPS) is 17.8. The van der Waals surface area contributed by atoms with Crippen LogP contribution in [0.5, 0.6) is 0 Å². The van der Waals surface area contributed by atoms with Gasteiger partial charge in [0.05, 0.1) is 0 Å². The molecule has 1 aliphatic heterocycles. The highest BCUT2D eigenvalue weighted by molar-refractivity contribution is 6.30. The molecule has 1 saturated heterocycles. The molecule has 0 saturated carbocycles. The van der Waals surface area contributed by atoms with Crippen LogP contribution >= 0.6 is 23.2 Å². The number of nitrogens with zero attached hydrogens (tertiary/aromatic N) is 3. The van der Waals surface area contributed by atoms with Crippen LogP contribution in [0.3, 0.4) is 0 Å². The minimum absolute atomic E-state index is 0.192. The summed E-state index contributed by atoms with van der Waals surface area (Å²) >= 11 is 12.4. The summed E-state index contributed by atoms with van der Waals surface area (Å²) in [6.07, 6.45) is 1.52. The number of carbonyl (C=O) groups is 1. The molecule has 5 rings (SSSR count). The number of halogens is 2. The van der Waals surface area contributed by atoms with Crippen molar-refractivity contribution in [3.63, 3.8) is 0 Å². The third kappa shape index (κ3) is 5.26. The molecule has 0 radical (unpaired) electrons. The lowest BCUT2D eigenvalue weighted by Crippen LogP contribution is -2.64. The van der Waals surface area contributed by atoms with Crippen LogP contribution in [-0.4, -0.2) is 59.4 Å². The van der Waals surface area contributed by atoms with E-state index in [-0.39, 0.29) is 5.91 Å². The third-order valence-electron chi connectivity index (χ3n) is 7.41. The lowest BCUT2D eigenvalue weighted by Gasteiger charge is -2.46. The molecule has 4 nitrogen and oxygen atoms in total. The Bertz CT molecular complexity index is 1180. The van der Waals surface area contributed by atoms with Crippen LogP contribution < -0.4 is 0 Å². The summed E-state index contributed by atoms with van der Waals surface area (Å²) in [6.45, 7) is 5.01. The maximum absolute atomic E-state index is 14.2. The Labute approximate surface area is 218 Å². The average Bonchev–Trinajstić information content (AvgIpc) is 3.25. The van der Waals surface area contributed by atoms with Gasteiger partial charge in [0.15, 0.2) is 0 Å². The van der Waals surface area contributed by atoms with Crippen LogP contribution in [-0.2, 0) is 30.7 Å². The number of amides is 1. The molecule has 3 aromatic carbocycles. The molecule has 3 aromatic rings. The van der Waals surface area contributed by atoms with E-state index in [1.54, 1.807) is 0 Å². The van der Waals surface area contributed by atoms with Gasteiger partial charge in [-0.2, -0.15) is 0 Å². The molecule has 2 aliphatic rings. The van der Waals surface area contributed by atoms with Gasteiger partial charge >= 0.3 is 0 Å². The molecular weight excluding hydrogens is 477 g/mol. The first-order chi connectivity index (χ1) is 16.9. The molecule has 0 aromatic heterocycles. The second-order valence-electron chi connectivity index (χ2n) is 9.84. The minimum atomic E-state index is -0.543. The largest absolute Gasteiger partial charge is 0.340 e. The molecule has 1 fully saturated rings. The molecule has 0 unspecified atom stereocenters. The predicted molar refractivity (Wildman–Crippen MR) is 143 cm³/mol. The van der Waals surface area contributed by atoms with E-state index in [2.05, 4.69) is 40.1 Å². The lowest BCUT2D eigenvalue weighted by molar-refractivity contribution is -0.145. The number of hydrogen-bond donors (Lipinski definition) is 0. The summed E-state index contributed by atoms with van der Waals surface area (Å²) in [7, 11) is 1.92. The average molecular weight is 508 g/mol. The van der Waals surface area contributed by atoms with Crippen LogP contribution in [0.25, 0.3) is 0 Å². The predicted octanol–water partition coefficient (Wildman–Crippen LogP) is 5.31. The molecule has 1 heterocycles. The Hall–Kier alpha value is -2.37. The Kier molecular flexibility index (Phi) is 7.17. The topological polar surface area (TPSA) is 26.8 Å². The third-order valence-corrected chi connectivity index (χ3v) is 7.88. The molecule has 0 spiro atoms. The van der Waals surface area contributed by atoms with Crippen LogP contribution in [0.15, 0.2) is 72.8 Å². The summed E-state index contributed by atoms with van der Waals surface area (Å²) in [6, 6.07) is 24.4. The van der Waals surface area contributed by atoms with Crippen LogP contribution in [0.1, 0.15) is 22.3 Å². The van der Waals surface area contributed by atoms with Gasteiger partial charge in [-0.3, -0.25) is 14.6 Å². The number of rotatable bonds is 6. The van der Waals surface area contributed by atoms with Crippen molar-refractivity contribution in [3.8, 4) is 0 Å². The maximum Gasteiger partial charge on any atom is 0.243 e. The van der Waals surface area contributed by atoms with Crippen molar-refractivity contribution < 1.29 is 4.79 Å². The molecule has 182 valence electrons. The van der Waals surface area contributed by atoms with Gasteiger partial charge in [0.2, 0.25) is 5.91 Å². The molecule has 1 aliphatic carbocycles. The molecule has 1 amide bonds. The first kappa shape index (κ1) is 24.3. The van der Waals surface area contributed by atoms with Gasteiger partial charge in [-0.25, -0.2) is 0 Å². The van der Waals surface area contributed by atoms with Crippen LogP contribution in [0, 0.1) is 0 Å². The Morgan fingerprint density at radius 1 is 0.829 bits per heavy atom. The van der Waals surface area contributed by atoms with E-state index in [0.717, 1.165) is 56.2 Å². The summed E-state index contributed by atoms with van der Waals surface area (Å²) in [4.78, 5) is 20.9. The monoisotopic (exact) mass is 507 g/mol. The van der Waals surface area contributed by atoms with Crippen molar-refractivity contribution >= 4 is 29.1 Å². The van der Waals surface area contributed by atoms with Gasteiger partial charge in [-0.1, -0.05) is 71.7 Å². The SMILES string of the molecule is CN(Cc1cccc(Cl)c1)C(=O)C1(N2CCN(Cc3cccc(Cl)c3)CC2)Cc2ccccc2C1. The zero-order valence-corrected chi connectivity index (χ0v) is 21.6. The van der Waals surface area contributed by atoms with E-state index in [1.807, 2.05) is 54.4 Å². The quantitative estimate of drug-likeness (QED) is 0.452. The lowest BCUT2D eigenvalue weighted by atomic mass is 9.90. The highest BCUT2D eigenvalue weighted by Gasteiger charge is 2.50. The van der Waals surface area contributed by atoms with Gasteiger partial charge in [-0.15, -0.1) is 0 Å². The van der Waals surface area contributed by atoms with Crippen molar-refractivity contribution in [3.05, 3.63) is 105 Å². The molecule has 35 heavy (non-hydrogen) atoms. The summed E-state index contributed by atoms with van der Waals surface area (Å²) in [5.41, 5.74) is 4.31. The second-order valence-corrected chi connectivity index (χ2v) is 10.7. The number of carbonyl (C=O) groups excluding carboxylic acids is 1. The zero-order chi connectivity index (χ0) is 24.4. The Morgan fingerprint density at radius 2 is 1.40 bits per heavy atom. The van der Waals surface area contributed by atoms with E-state index < -0.39 is 5.54 Å². The number of benzene rings is 3. The molecule has 6 heteroatoms. The first-order valence-electron chi connectivity index (χ1n) is 12.2. The second kappa shape index (κ2) is 10.3. The van der Waals surface area contributed by atoms with Gasteiger partial charge in [-0.05, 0) is 46.5 Å². The minimum Gasteiger partial charge on any atom is -0.340 e. The van der Waals surface area contributed by atoms with E-state index >= 15 is 0 Å². The first-order valence-corrected chi connectivity index (χ1v) is 13.0. The summed E-state index contributed by atoms with van der Waals surface area (Å²) in [5.74, 6) is 0.192. The number of piperazine rings is 1. The van der Waals surface area contributed by atoms with Gasteiger partial charge < -0.3 is 4.90 Å². The number of likely N-dealkylation sites (N-methyl/N-ethyl adjacent to an activating group) is 1. The van der Waals surface area contributed by atoms with Crippen LogP contribution in [0.4, 0.5) is 0 Å². The highest BCUT2D eigenvalue weighted by Crippen LogP contribution is 2.37. The van der Waals surface area contributed by atoms with Crippen molar-refractivity contribution in [1.29, 1.82) is 0 Å². The maximum atomic E-state index is 14.2.